The molecule has 16 heavy (non-hydrogen) atoms. The lowest BCUT2D eigenvalue weighted by Crippen LogP contribution is -2.25. The highest BCUT2D eigenvalue weighted by molar-refractivity contribution is 8.14. The van der Waals surface area contributed by atoms with Gasteiger partial charge in [0.25, 0.3) is 0 Å². The maximum absolute atomic E-state index is 12.0. The Morgan fingerprint density at radius 1 is 1.31 bits per heavy atom. The van der Waals surface area contributed by atoms with Gasteiger partial charge in [-0.1, -0.05) is 51.8 Å². The summed E-state index contributed by atoms with van der Waals surface area (Å²) in [4.78, 5) is 12.0. The fourth-order valence-corrected chi connectivity index (χ4v) is 3.16. The number of rotatable bonds is 2. The van der Waals surface area contributed by atoms with E-state index < -0.39 is 0 Å². The summed E-state index contributed by atoms with van der Waals surface area (Å²) in [7, 11) is 0. The van der Waals surface area contributed by atoms with Gasteiger partial charge in [0.05, 0.1) is 6.07 Å². The molecule has 0 N–H and O–H groups in total. The van der Waals surface area contributed by atoms with Gasteiger partial charge >= 0.3 is 0 Å². The van der Waals surface area contributed by atoms with Crippen LogP contribution in [0, 0.1) is 23.2 Å². The van der Waals surface area contributed by atoms with Crippen molar-refractivity contribution < 1.29 is 4.79 Å². The minimum absolute atomic E-state index is 0.0712. The zero-order valence-corrected chi connectivity index (χ0v) is 11.3. The largest absolute Gasteiger partial charge is 0.286 e. The van der Waals surface area contributed by atoms with Crippen LogP contribution < -0.4 is 0 Å². The fourth-order valence-electron chi connectivity index (χ4n) is 2.18. The van der Waals surface area contributed by atoms with Gasteiger partial charge in [-0.2, -0.15) is 5.26 Å². The van der Waals surface area contributed by atoms with Crippen molar-refractivity contribution in [2.45, 2.75) is 57.6 Å². The molecule has 0 amide bonds. The lowest BCUT2D eigenvalue weighted by molar-refractivity contribution is -0.114. The molecule has 0 aromatic heterocycles. The minimum Gasteiger partial charge on any atom is -0.286 e. The molecule has 0 heterocycles. The van der Waals surface area contributed by atoms with E-state index in [1.54, 1.807) is 0 Å². The summed E-state index contributed by atoms with van der Waals surface area (Å²) in [5.41, 5.74) is 0. The van der Waals surface area contributed by atoms with Crippen molar-refractivity contribution in [3.8, 4) is 6.07 Å². The Balaban J connectivity index is 2.60. The van der Waals surface area contributed by atoms with E-state index in [0.717, 1.165) is 12.8 Å². The highest BCUT2D eigenvalue weighted by atomic mass is 32.2. The Morgan fingerprint density at radius 3 is 2.31 bits per heavy atom. The second-order valence-corrected chi connectivity index (χ2v) is 7.37. The molecule has 0 aliphatic heterocycles. The van der Waals surface area contributed by atoms with E-state index >= 15 is 0 Å². The molecule has 1 fully saturated rings. The second kappa shape index (κ2) is 5.72. The van der Waals surface area contributed by atoms with Crippen LogP contribution in [0.3, 0.4) is 0 Å². The summed E-state index contributed by atoms with van der Waals surface area (Å²) < 4.78 is -0.0825. The van der Waals surface area contributed by atoms with Crippen LogP contribution in [0.15, 0.2) is 0 Å². The number of nitriles is 1. The van der Waals surface area contributed by atoms with E-state index in [0.29, 0.717) is 5.92 Å². The average molecular weight is 239 g/mol. The van der Waals surface area contributed by atoms with Crippen molar-refractivity contribution in [1.29, 1.82) is 5.26 Å². The van der Waals surface area contributed by atoms with Gasteiger partial charge in [-0.15, -0.1) is 0 Å². The van der Waals surface area contributed by atoms with Gasteiger partial charge in [0.15, 0.2) is 0 Å². The molecule has 1 aliphatic rings. The van der Waals surface area contributed by atoms with E-state index in [2.05, 4.69) is 6.07 Å². The van der Waals surface area contributed by atoms with E-state index in [9.17, 15) is 4.79 Å². The quantitative estimate of drug-likeness (QED) is 0.736. The molecule has 0 saturated heterocycles. The first-order valence-electron chi connectivity index (χ1n) is 6.06. The summed E-state index contributed by atoms with van der Waals surface area (Å²) in [6, 6.07) is 2.22. The van der Waals surface area contributed by atoms with Crippen molar-refractivity contribution >= 4 is 16.9 Å². The van der Waals surface area contributed by atoms with E-state index in [4.69, 9.17) is 5.26 Å². The van der Waals surface area contributed by atoms with Gasteiger partial charge in [0.2, 0.25) is 5.12 Å². The number of carbonyl (C=O) groups excluding carboxylic acids is 1. The Morgan fingerprint density at radius 2 is 1.88 bits per heavy atom. The lowest BCUT2D eigenvalue weighted by atomic mass is 9.81. The third-order valence-corrected chi connectivity index (χ3v) is 3.99. The molecule has 2 nitrogen and oxygen atoms in total. The number of thioether (sulfide) groups is 1. The predicted octanol–water partition coefficient (Wildman–Crippen LogP) is 3.76. The average Bonchev–Trinajstić information content (AvgIpc) is 2.17. The number of carbonyl (C=O) groups is 1. The topological polar surface area (TPSA) is 40.9 Å². The summed E-state index contributed by atoms with van der Waals surface area (Å²) >= 11 is 1.32. The molecule has 0 radical (unpaired) electrons. The summed E-state index contributed by atoms with van der Waals surface area (Å²) in [6.07, 6.45) is 5.71. The van der Waals surface area contributed by atoms with Crippen LogP contribution in [0.4, 0.5) is 0 Å². The lowest BCUT2D eigenvalue weighted by Gasteiger charge is -2.26. The fraction of sp³-hybridized carbons (Fsp3) is 0.846. The van der Waals surface area contributed by atoms with E-state index in [-0.39, 0.29) is 15.8 Å². The van der Waals surface area contributed by atoms with Crippen LogP contribution in [-0.2, 0) is 4.79 Å². The first-order chi connectivity index (χ1) is 7.44. The standard InChI is InChI=1S/C13H21NOS/c1-13(2,3)16-12(15)11(9-14)10-7-5-4-6-8-10/h10-11H,4-8H2,1-3H3. The molecule has 0 aromatic rings. The first kappa shape index (κ1) is 13.6. The monoisotopic (exact) mass is 239 g/mol. The minimum atomic E-state index is -0.385. The number of nitrogens with zero attached hydrogens (tertiary/aromatic N) is 1. The summed E-state index contributed by atoms with van der Waals surface area (Å²) in [6.45, 7) is 6.06. The predicted molar refractivity (Wildman–Crippen MR) is 68.0 cm³/mol. The smallest absolute Gasteiger partial charge is 0.206 e. The van der Waals surface area contributed by atoms with Crippen LogP contribution in [0.1, 0.15) is 52.9 Å². The third kappa shape index (κ3) is 4.17. The van der Waals surface area contributed by atoms with Gasteiger partial charge in [0, 0.05) is 4.75 Å². The van der Waals surface area contributed by atoms with Crippen LogP contribution in [-0.4, -0.2) is 9.86 Å². The molecule has 3 heteroatoms. The van der Waals surface area contributed by atoms with Crippen molar-refractivity contribution in [3.63, 3.8) is 0 Å². The highest BCUT2D eigenvalue weighted by Gasteiger charge is 2.32. The first-order valence-corrected chi connectivity index (χ1v) is 6.88. The van der Waals surface area contributed by atoms with Crippen molar-refractivity contribution in [2.24, 2.45) is 11.8 Å². The van der Waals surface area contributed by atoms with Crippen LogP contribution in [0.25, 0.3) is 0 Å². The SMILES string of the molecule is CC(C)(C)SC(=O)C(C#N)C1CCCCC1. The number of hydrogen-bond donors (Lipinski definition) is 0. The molecule has 0 bridgehead atoms. The van der Waals surface area contributed by atoms with Gasteiger partial charge < -0.3 is 0 Å². The van der Waals surface area contributed by atoms with Gasteiger partial charge in [0.1, 0.15) is 5.92 Å². The highest BCUT2D eigenvalue weighted by Crippen LogP contribution is 2.35. The van der Waals surface area contributed by atoms with Crippen molar-refractivity contribution in [2.75, 3.05) is 0 Å². The summed E-state index contributed by atoms with van der Waals surface area (Å²) in [5.74, 6) is -0.0781. The van der Waals surface area contributed by atoms with Crippen molar-refractivity contribution in [1.82, 2.24) is 0 Å². The van der Waals surface area contributed by atoms with Gasteiger partial charge in [-0.05, 0) is 18.8 Å². The Labute approximate surface area is 103 Å². The van der Waals surface area contributed by atoms with Crippen LogP contribution >= 0.6 is 11.8 Å². The third-order valence-electron chi connectivity index (χ3n) is 2.92. The number of hydrogen-bond acceptors (Lipinski definition) is 3. The van der Waals surface area contributed by atoms with Gasteiger partial charge in [-0.3, -0.25) is 4.79 Å². The zero-order chi connectivity index (χ0) is 12.2. The van der Waals surface area contributed by atoms with E-state index in [1.807, 2.05) is 20.8 Å². The molecule has 90 valence electrons. The van der Waals surface area contributed by atoms with Crippen LogP contribution in [0.5, 0.6) is 0 Å². The van der Waals surface area contributed by atoms with Crippen molar-refractivity contribution in [3.05, 3.63) is 0 Å². The summed E-state index contributed by atoms with van der Waals surface area (Å²) in [5, 5.41) is 9.23. The van der Waals surface area contributed by atoms with Gasteiger partial charge in [-0.25, -0.2) is 0 Å². The molecule has 1 rings (SSSR count). The Kier molecular flexibility index (Phi) is 4.86. The van der Waals surface area contributed by atoms with Crippen LogP contribution in [0.2, 0.25) is 0 Å². The molecular formula is C13H21NOS. The Hall–Kier alpha value is -0.490. The molecule has 1 unspecified atom stereocenters. The molecule has 0 aromatic carbocycles. The molecule has 1 aliphatic carbocycles. The molecule has 0 spiro atoms. The molecule has 1 saturated carbocycles. The van der Waals surface area contributed by atoms with E-state index in [1.165, 1.54) is 31.0 Å². The maximum atomic E-state index is 12.0. The molecular weight excluding hydrogens is 218 g/mol. The maximum Gasteiger partial charge on any atom is 0.206 e. The zero-order valence-electron chi connectivity index (χ0n) is 10.5. The Bertz CT molecular complexity index is 281. The second-order valence-electron chi connectivity index (χ2n) is 5.54. The normalized spacial score (nSPS) is 20.1. The molecule has 1 atom stereocenters.